The highest BCUT2D eigenvalue weighted by molar-refractivity contribution is 14.1. The number of thioether (sulfide) groups is 1. The van der Waals surface area contributed by atoms with Gasteiger partial charge in [-0.3, -0.25) is 9.59 Å². The number of nitrogens with one attached hydrogen (secondary N) is 1. The van der Waals surface area contributed by atoms with Crippen molar-refractivity contribution in [2.24, 2.45) is 5.41 Å². The summed E-state index contributed by atoms with van der Waals surface area (Å²) in [4.78, 5) is 28.8. The number of carbonyl (C=O) groups excluding carboxylic acids is 1. The number of amides is 1. The smallest absolute Gasteiger partial charge is 0.313 e. The fourth-order valence-electron chi connectivity index (χ4n) is 2.36. The van der Waals surface area contributed by atoms with Crippen LogP contribution < -0.4 is 4.98 Å². The van der Waals surface area contributed by atoms with Crippen molar-refractivity contribution >= 4 is 54.5 Å². The van der Waals surface area contributed by atoms with E-state index in [0.29, 0.717) is 16.7 Å². The molecular weight excluding hydrogens is 395 g/mol. The van der Waals surface area contributed by atoms with E-state index in [1.165, 1.54) is 0 Å². The maximum Gasteiger partial charge on any atom is 0.313 e. The zero-order valence-corrected chi connectivity index (χ0v) is 15.2. The van der Waals surface area contributed by atoms with Crippen LogP contribution in [0.5, 0.6) is 0 Å². The highest BCUT2D eigenvalue weighted by atomic mass is 127. The van der Waals surface area contributed by atoms with Gasteiger partial charge in [-0.25, -0.2) is 0 Å². The molecule has 1 amide bonds. The number of hydrogen-bond donors (Lipinski definition) is 2. The number of carboxylic acids is 1. The molecule has 0 aromatic heterocycles. The van der Waals surface area contributed by atoms with Crippen LogP contribution in [-0.4, -0.2) is 58.3 Å². The fourth-order valence-corrected chi connectivity index (χ4v) is 6.44. The summed E-state index contributed by atoms with van der Waals surface area (Å²) in [6.07, 6.45) is 0. The van der Waals surface area contributed by atoms with Crippen LogP contribution in [-0.2, 0) is 9.59 Å². The third kappa shape index (κ3) is 2.81. The van der Waals surface area contributed by atoms with Gasteiger partial charge in [-0.2, -0.15) is 0 Å². The number of halogens is 1. The lowest BCUT2D eigenvalue weighted by Crippen LogP contribution is -2.75. The normalized spacial score (nSPS) is 34.7. The molecule has 2 aliphatic rings. The number of nitrogens with zero attached hydrogens (tertiary/aromatic N) is 1. The van der Waals surface area contributed by atoms with Gasteiger partial charge in [0, 0.05) is 16.7 Å². The van der Waals surface area contributed by atoms with Crippen LogP contribution in [0.1, 0.15) is 0 Å². The molecule has 2 N–H and O–H groups in total. The van der Waals surface area contributed by atoms with Gasteiger partial charge in [0.15, 0.2) is 0 Å². The summed E-state index contributed by atoms with van der Waals surface area (Å²) >= 11 is 3.71. The molecule has 0 radical (unpaired) electrons. The second kappa shape index (κ2) is 5.19. The number of rotatable bonds is 4. The molecule has 3 atom stereocenters. The van der Waals surface area contributed by atoms with Gasteiger partial charge >= 0.3 is 5.97 Å². The zero-order chi connectivity index (χ0) is 14.4. The van der Waals surface area contributed by atoms with Crippen LogP contribution in [0.15, 0.2) is 0 Å². The largest absolute Gasteiger partial charge is 0.481 e. The topological polar surface area (TPSA) is 69.6 Å². The molecule has 19 heavy (non-hydrogen) atoms. The number of carboxylic acid groups (broad SMARTS) is 1. The molecule has 2 unspecified atom stereocenters. The number of β-lactam (4-membered cyclic amide) rings is 1. The fraction of sp³-hybridized carbons (Fsp3) is 0.818. The molecule has 0 aromatic rings. The Kier molecular flexibility index (Phi) is 4.26. The Morgan fingerprint density at radius 2 is 2.26 bits per heavy atom. The molecule has 108 valence electrons. The minimum atomic E-state index is -1.50. The molecule has 2 rings (SSSR count). The monoisotopic (exact) mass is 414 g/mol. The van der Waals surface area contributed by atoms with Crippen molar-refractivity contribution in [1.29, 1.82) is 0 Å². The lowest BCUT2D eigenvalue weighted by molar-refractivity contribution is -0.155. The molecule has 0 aromatic carbocycles. The van der Waals surface area contributed by atoms with Gasteiger partial charge in [0.1, 0.15) is 25.1 Å². The van der Waals surface area contributed by atoms with E-state index in [1.54, 1.807) is 16.7 Å². The first-order valence-electron chi connectivity index (χ1n) is 6.19. The zero-order valence-electron chi connectivity index (χ0n) is 11.3. The van der Waals surface area contributed by atoms with Crippen molar-refractivity contribution in [2.75, 3.05) is 16.7 Å². The Bertz CT molecular complexity index is 417. The van der Waals surface area contributed by atoms with Crippen LogP contribution in [0.25, 0.3) is 0 Å². The summed E-state index contributed by atoms with van der Waals surface area (Å²) < 4.78 is 0.537. The minimum absolute atomic E-state index is 0.0649. The van der Waals surface area contributed by atoms with Gasteiger partial charge in [-0.15, -0.1) is 11.8 Å². The maximum atomic E-state index is 12.2. The number of alkyl halides is 1. The molecule has 2 saturated heterocycles. The predicted octanol–water partition coefficient (Wildman–Crippen LogP) is 1.20. The Morgan fingerprint density at radius 3 is 2.74 bits per heavy atom. The van der Waals surface area contributed by atoms with Gasteiger partial charge in [0.2, 0.25) is 5.91 Å². The molecule has 2 aliphatic heterocycles. The maximum absolute atomic E-state index is 12.2. The summed E-state index contributed by atoms with van der Waals surface area (Å²) in [5.74, 6) is -0.138. The predicted molar refractivity (Wildman–Crippen MR) is 87.2 cm³/mol. The summed E-state index contributed by atoms with van der Waals surface area (Å²) in [6, 6.07) is -0.113. The van der Waals surface area contributed by atoms with Crippen molar-refractivity contribution < 1.29 is 14.7 Å². The van der Waals surface area contributed by atoms with Crippen LogP contribution in [0, 0.1) is 5.41 Å². The van der Waals surface area contributed by atoms with Gasteiger partial charge in [-0.05, 0) is 0 Å². The summed E-state index contributed by atoms with van der Waals surface area (Å²) in [7, 11) is -1.50. The second-order valence-electron chi connectivity index (χ2n) is 6.26. The Balaban J connectivity index is 2.07. The number of carbonyl (C=O) groups is 2. The lowest BCUT2D eigenvalue weighted by Gasteiger charge is -2.54. The molecular formula is C11H19IN2O3SSi. The second-order valence-corrected chi connectivity index (χ2v) is 12.9. The SMILES string of the molecule is C[Si](C)(C)NC1C(=O)N2CC(CI)(C(=O)O)CS[C@H]12. The van der Waals surface area contributed by atoms with Gasteiger partial charge < -0.3 is 15.0 Å². The van der Waals surface area contributed by atoms with E-state index in [1.807, 2.05) is 0 Å². The molecule has 0 aliphatic carbocycles. The standard InChI is InChI=1S/C11H19IN2O3SSi/c1-19(2,3)13-7-8(15)14-5-11(4-12,10(16)17)6-18-9(7)14/h7,9,13H,4-6H2,1-3H3,(H,16,17)/t7?,9-,11?/m1/s1. The first kappa shape index (κ1) is 15.6. The van der Waals surface area contributed by atoms with Crippen LogP contribution in [0.2, 0.25) is 19.6 Å². The van der Waals surface area contributed by atoms with Crippen LogP contribution in [0.3, 0.4) is 0 Å². The average Bonchev–Trinajstić information content (AvgIpc) is 2.33. The van der Waals surface area contributed by atoms with Crippen molar-refractivity contribution in [3.63, 3.8) is 0 Å². The van der Waals surface area contributed by atoms with Crippen molar-refractivity contribution in [1.82, 2.24) is 9.88 Å². The quantitative estimate of drug-likeness (QED) is 0.313. The average molecular weight is 414 g/mol. The van der Waals surface area contributed by atoms with Crippen molar-refractivity contribution in [2.45, 2.75) is 31.1 Å². The van der Waals surface area contributed by atoms with E-state index in [9.17, 15) is 14.7 Å². The van der Waals surface area contributed by atoms with Crippen LogP contribution >= 0.6 is 34.4 Å². The van der Waals surface area contributed by atoms with Gasteiger partial charge in [0.25, 0.3) is 0 Å². The highest BCUT2D eigenvalue weighted by Gasteiger charge is 2.57. The van der Waals surface area contributed by atoms with E-state index < -0.39 is 19.6 Å². The van der Waals surface area contributed by atoms with Crippen molar-refractivity contribution in [3.8, 4) is 0 Å². The Hall–Kier alpha value is 0.197. The number of aliphatic carboxylic acids is 1. The highest BCUT2D eigenvalue weighted by Crippen LogP contribution is 2.43. The summed E-state index contributed by atoms with van der Waals surface area (Å²) in [5.41, 5.74) is -0.776. The Morgan fingerprint density at radius 1 is 1.63 bits per heavy atom. The molecule has 2 heterocycles. The third-order valence-corrected chi connectivity index (χ3v) is 7.67. The third-order valence-electron chi connectivity index (χ3n) is 3.44. The van der Waals surface area contributed by atoms with Gasteiger partial charge in [0.05, 0.1) is 0 Å². The van der Waals surface area contributed by atoms with E-state index >= 15 is 0 Å². The van der Waals surface area contributed by atoms with Crippen LogP contribution in [0.4, 0.5) is 0 Å². The molecule has 2 fully saturated rings. The lowest BCUT2D eigenvalue weighted by atomic mass is 9.90. The summed E-state index contributed by atoms with van der Waals surface area (Å²) in [6.45, 7) is 6.86. The first-order chi connectivity index (χ1) is 8.70. The van der Waals surface area contributed by atoms with E-state index in [-0.39, 0.29) is 17.3 Å². The molecule has 0 spiro atoms. The van der Waals surface area contributed by atoms with Crippen molar-refractivity contribution in [3.05, 3.63) is 0 Å². The minimum Gasteiger partial charge on any atom is -0.481 e. The van der Waals surface area contributed by atoms with Gasteiger partial charge in [-0.1, -0.05) is 42.2 Å². The van der Waals surface area contributed by atoms with E-state index in [2.05, 4.69) is 47.2 Å². The molecule has 0 saturated carbocycles. The van der Waals surface area contributed by atoms with E-state index in [4.69, 9.17) is 0 Å². The molecule has 5 nitrogen and oxygen atoms in total. The Labute approximate surface area is 132 Å². The summed E-state index contributed by atoms with van der Waals surface area (Å²) in [5, 5.41) is 9.51. The first-order valence-corrected chi connectivity index (χ1v) is 12.3. The number of hydrogen-bond acceptors (Lipinski definition) is 4. The molecule has 8 heteroatoms. The molecule has 0 bridgehead atoms. The van der Waals surface area contributed by atoms with E-state index in [0.717, 1.165) is 0 Å². The number of fused-ring (bicyclic) bond motifs is 1.